The van der Waals surface area contributed by atoms with Gasteiger partial charge in [0, 0.05) is 13.2 Å². The lowest BCUT2D eigenvalue weighted by molar-refractivity contribution is 0.0587. The molecule has 0 radical (unpaired) electrons. The smallest absolute Gasteiger partial charge is 0.356 e. The van der Waals surface area contributed by atoms with E-state index in [2.05, 4.69) is 9.72 Å². The van der Waals surface area contributed by atoms with Crippen LogP contribution in [-0.2, 0) is 11.3 Å². The summed E-state index contributed by atoms with van der Waals surface area (Å²) in [6.07, 6.45) is 4.19. The molecule has 90 valence electrons. The fraction of sp³-hybridized carbons (Fsp3) is 0.636. The standard InChI is InChI=1S/C11H18N2O3/c1-9-12-8-10(11(15)16-2)13(9)6-4-3-5-7-14/h8,14H,3-7H2,1-2H3. The number of hydrogen-bond acceptors (Lipinski definition) is 4. The van der Waals surface area contributed by atoms with Crippen LogP contribution in [0, 0.1) is 6.92 Å². The summed E-state index contributed by atoms with van der Waals surface area (Å²) in [7, 11) is 1.36. The van der Waals surface area contributed by atoms with Gasteiger partial charge in [-0.3, -0.25) is 0 Å². The Morgan fingerprint density at radius 1 is 1.50 bits per heavy atom. The highest BCUT2D eigenvalue weighted by atomic mass is 16.5. The van der Waals surface area contributed by atoms with E-state index in [0.29, 0.717) is 5.69 Å². The highest BCUT2D eigenvalue weighted by molar-refractivity contribution is 5.87. The summed E-state index contributed by atoms with van der Waals surface area (Å²) in [5.74, 6) is 0.451. The zero-order valence-corrected chi connectivity index (χ0v) is 9.77. The van der Waals surface area contributed by atoms with Gasteiger partial charge in [-0.1, -0.05) is 0 Å². The van der Waals surface area contributed by atoms with Crippen LogP contribution in [0.4, 0.5) is 0 Å². The van der Waals surface area contributed by atoms with E-state index in [4.69, 9.17) is 5.11 Å². The normalized spacial score (nSPS) is 10.4. The molecule has 1 heterocycles. The number of unbranched alkanes of at least 4 members (excludes halogenated alkanes) is 2. The van der Waals surface area contributed by atoms with Gasteiger partial charge in [-0.15, -0.1) is 0 Å². The molecule has 0 aliphatic carbocycles. The number of carbonyl (C=O) groups excluding carboxylic acids is 1. The lowest BCUT2D eigenvalue weighted by atomic mass is 10.2. The molecular weight excluding hydrogens is 208 g/mol. The van der Waals surface area contributed by atoms with Gasteiger partial charge in [0.25, 0.3) is 0 Å². The predicted octanol–water partition coefficient (Wildman–Crippen LogP) is 1.14. The third kappa shape index (κ3) is 3.06. The first kappa shape index (κ1) is 12.7. The van der Waals surface area contributed by atoms with Crippen molar-refractivity contribution in [2.75, 3.05) is 13.7 Å². The number of rotatable bonds is 6. The third-order valence-electron chi connectivity index (χ3n) is 2.49. The number of aliphatic hydroxyl groups excluding tert-OH is 1. The molecular formula is C11H18N2O3. The summed E-state index contributed by atoms with van der Waals surface area (Å²) in [5.41, 5.74) is 0.490. The van der Waals surface area contributed by atoms with Crippen molar-refractivity contribution in [3.8, 4) is 0 Å². The number of nitrogens with zero attached hydrogens (tertiary/aromatic N) is 2. The summed E-state index contributed by atoms with van der Waals surface area (Å²) in [6, 6.07) is 0. The second kappa shape index (κ2) is 6.27. The van der Waals surface area contributed by atoms with Crippen molar-refractivity contribution >= 4 is 5.97 Å². The van der Waals surface area contributed by atoms with Crippen LogP contribution >= 0.6 is 0 Å². The van der Waals surface area contributed by atoms with Crippen LogP contribution in [0.25, 0.3) is 0 Å². The largest absolute Gasteiger partial charge is 0.464 e. The monoisotopic (exact) mass is 226 g/mol. The lowest BCUT2D eigenvalue weighted by Gasteiger charge is -2.08. The second-order valence-electron chi connectivity index (χ2n) is 3.62. The fourth-order valence-electron chi connectivity index (χ4n) is 1.58. The second-order valence-corrected chi connectivity index (χ2v) is 3.62. The molecule has 5 nitrogen and oxygen atoms in total. The molecule has 0 bridgehead atoms. The number of ether oxygens (including phenoxy) is 1. The summed E-state index contributed by atoms with van der Waals surface area (Å²) in [6.45, 7) is 2.81. The van der Waals surface area contributed by atoms with E-state index in [1.165, 1.54) is 13.3 Å². The minimum Gasteiger partial charge on any atom is -0.464 e. The van der Waals surface area contributed by atoms with Gasteiger partial charge in [0.05, 0.1) is 13.3 Å². The molecule has 1 N–H and O–H groups in total. The van der Waals surface area contributed by atoms with Crippen LogP contribution in [-0.4, -0.2) is 34.3 Å². The molecule has 1 aromatic heterocycles. The van der Waals surface area contributed by atoms with Gasteiger partial charge in [-0.25, -0.2) is 9.78 Å². The Balaban J connectivity index is 2.63. The van der Waals surface area contributed by atoms with E-state index >= 15 is 0 Å². The van der Waals surface area contributed by atoms with Crippen molar-refractivity contribution in [1.82, 2.24) is 9.55 Å². The number of aryl methyl sites for hydroxylation is 1. The molecule has 1 aromatic rings. The molecule has 5 heteroatoms. The lowest BCUT2D eigenvalue weighted by Crippen LogP contribution is -2.12. The minimum absolute atomic E-state index is 0.215. The van der Waals surface area contributed by atoms with E-state index in [1.54, 1.807) is 0 Å². The number of aliphatic hydroxyl groups is 1. The van der Waals surface area contributed by atoms with Crippen LogP contribution in [0.1, 0.15) is 35.6 Å². The summed E-state index contributed by atoms with van der Waals surface area (Å²) in [5, 5.41) is 8.67. The predicted molar refractivity (Wildman–Crippen MR) is 59.2 cm³/mol. The van der Waals surface area contributed by atoms with Crippen molar-refractivity contribution in [3.05, 3.63) is 17.7 Å². The van der Waals surface area contributed by atoms with E-state index in [9.17, 15) is 4.79 Å². The van der Waals surface area contributed by atoms with E-state index in [1.807, 2.05) is 11.5 Å². The van der Waals surface area contributed by atoms with Gasteiger partial charge in [0.2, 0.25) is 0 Å². The highest BCUT2D eigenvalue weighted by Gasteiger charge is 2.14. The Morgan fingerprint density at radius 2 is 2.25 bits per heavy atom. The molecule has 0 atom stereocenters. The van der Waals surface area contributed by atoms with E-state index in [0.717, 1.165) is 31.6 Å². The maximum absolute atomic E-state index is 11.4. The van der Waals surface area contributed by atoms with E-state index < -0.39 is 0 Å². The average Bonchev–Trinajstić information content (AvgIpc) is 2.65. The number of carbonyl (C=O) groups is 1. The summed E-state index contributed by atoms with van der Waals surface area (Å²) >= 11 is 0. The molecule has 1 rings (SSSR count). The maximum Gasteiger partial charge on any atom is 0.356 e. The quantitative estimate of drug-likeness (QED) is 0.583. The minimum atomic E-state index is -0.359. The van der Waals surface area contributed by atoms with Gasteiger partial charge in [0.15, 0.2) is 0 Å². The van der Waals surface area contributed by atoms with Gasteiger partial charge in [-0.2, -0.15) is 0 Å². The van der Waals surface area contributed by atoms with Gasteiger partial charge >= 0.3 is 5.97 Å². The van der Waals surface area contributed by atoms with Gasteiger partial charge < -0.3 is 14.4 Å². The number of hydrogen-bond donors (Lipinski definition) is 1. The molecule has 0 aliphatic heterocycles. The molecule has 16 heavy (non-hydrogen) atoms. The number of imidazole rings is 1. The maximum atomic E-state index is 11.4. The van der Waals surface area contributed by atoms with Crippen molar-refractivity contribution in [2.45, 2.75) is 32.7 Å². The van der Waals surface area contributed by atoms with E-state index in [-0.39, 0.29) is 12.6 Å². The topological polar surface area (TPSA) is 64.3 Å². The van der Waals surface area contributed by atoms with Gasteiger partial charge in [0.1, 0.15) is 11.5 Å². The van der Waals surface area contributed by atoms with Crippen LogP contribution < -0.4 is 0 Å². The van der Waals surface area contributed by atoms with Crippen molar-refractivity contribution in [1.29, 1.82) is 0 Å². The molecule has 0 aliphatic rings. The first-order valence-corrected chi connectivity index (χ1v) is 5.42. The molecule has 0 fully saturated rings. The molecule has 0 aromatic carbocycles. The van der Waals surface area contributed by atoms with Crippen LogP contribution in [0.5, 0.6) is 0 Å². The van der Waals surface area contributed by atoms with Crippen molar-refractivity contribution < 1.29 is 14.6 Å². The van der Waals surface area contributed by atoms with Crippen LogP contribution in [0.2, 0.25) is 0 Å². The van der Waals surface area contributed by atoms with Crippen molar-refractivity contribution in [2.24, 2.45) is 0 Å². The van der Waals surface area contributed by atoms with Crippen molar-refractivity contribution in [3.63, 3.8) is 0 Å². The van der Waals surface area contributed by atoms with Gasteiger partial charge in [-0.05, 0) is 26.2 Å². The first-order chi connectivity index (χ1) is 7.70. The Bertz CT molecular complexity index is 347. The zero-order valence-electron chi connectivity index (χ0n) is 9.77. The zero-order chi connectivity index (χ0) is 12.0. The fourth-order valence-corrected chi connectivity index (χ4v) is 1.58. The first-order valence-electron chi connectivity index (χ1n) is 5.42. The Hall–Kier alpha value is -1.36. The Labute approximate surface area is 95.1 Å². The van der Waals surface area contributed by atoms with Crippen LogP contribution in [0.3, 0.4) is 0 Å². The van der Waals surface area contributed by atoms with Crippen LogP contribution in [0.15, 0.2) is 6.20 Å². The molecule has 0 spiro atoms. The Kier molecular flexibility index (Phi) is 4.98. The molecule has 0 saturated heterocycles. The molecule has 0 amide bonds. The SMILES string of the molecule is COC(=O)c1cnc(C)n1CCCCCO. The third-order valence-corrected chi connectivity index (χ3v) is 2.49. The summed E-state index contributed by atoms with van der Waals surface area (Å²) < 4.78 is 6.53. The highest BCUT2D eigenvalue weighted by Crippen LogP contribution is 2.09. The number of methoxy groups -OCH3 is 1. The Morgan fingerprint density at radius 3 is 2.88 bits per heavy atom. The molecule has 0 saturated carbocycles. The average molecular weight is 226 g/mol. The number of esters is 1. The number of aromatic nitrogens is 2. The summed E-state index contributed by atoms with van der Waals surface area (Å²) in [4.78, 5) is 15.5. The molecule has 0 unspecified atom stereocenters.